The van der Waals surface area contributed by atoms with E-state index in [1.54, 1.807) is 12.1 Å². The van der Waals surface area contributed by atoms with E-state index in [2.05, 4.69) is 10.2 Å². The molecule has 0 radical (unpaired) electrons. The number of aryl methyl sites for hydroxylation is 2. The van der Waals surface area contributed by atoms with Gasteiger partial charge in [0.25, 0.3) is 0 Å². The molecular formula is C24H21Cl2N3O3. The summed E-state index contributed by atoms with van der Waals surface area (Å²) in [7, 11) is 0. The molecule has 4 aliphatic rings. The van der Waals surface area contributed by atoms with Crippen molar-refractivity contribution < 1.29 is 14.4 Å². The molecule has 0 saturated carbocycles. The summed E-state index contributed by atoms with van der Waals surface area (Å²) < 4.78 is 0. The number of fused-ring (bicyclic) bond motifs is 7. The predicted molar refractivity (Wildman–Crippen MR) is 122 cm³/mol. The molecule has 0 bridgehead atoms. The lowest BCUT2D eigenvalue weighted by molar-refractivity contribution is -0.135. The number of hydrogen-bond acceptors (Lipinski definition) is 4. The molecular weight excluding hydrogens is 449 g/mol. The van der Waals surface area contributed by atoms with Crippen molar-refractivity contribution in [2.45, 2.75) is 38.3 Å². The average Bonchev–Trinajstić information content (AvgIpc) is 3.44. The van der Waals surface area contributed by atoms with Crippen molar-refractivity contribution in [3.05, 3.63) is 57.1 Å². The molecule has 4 atom stereocenters. The topological polar surface area (TPSA) is 69.7 Å². The fourth-order valence-corrected chi connectivity index (χ4v) is 6.83. The summed E-state index contributed by atoms with van der Waals surface area (Å²) >= 11 is 12.2. The van der Waals surface area contributed by atoms with Crippen LogP contribution in [0.25, 0.3) is 0 Å². The Labute approximate surface area is 195 Å². The summed E-state index contributed by atoms with van der Waals surface area (Å²) in [5, 5.41) is 3.68. The van der Waals surface area contributed by atoms with Gasteiger partial charge < -0.3 is 5.32 Å². The van der Waals surface area contributed by atoms with Gasteiger partial charge in [-0.15, -0.1) is 0 Å². The predicted octanol–water partition coefficient (Wildman–Crippen LogP) is 4.04. The molecule has 4 heterocycles. The van der Waals surface area contributed by atoms with E-state index in [-0.39, 0.29) is 28.8 Å². The summed E-state index contributed by atoms with van der Waals surface area (Å²) in [6.45, 7) is 4.63. The SMILES string of the molecule is Cc1cc(C)c2c(c1)[C@]1(C(=O)N2)[C@@H]2C(=O)N(c3ccc(Cl)c(Cl)c3)C(=O)[C@H]2[C@H]2CCCN21. The molecule has 0 aromatic heterocycles. The van der Waals surface area contributed by atoms with E-state index in [1.165, 1.54) is 11.0 Å². The lowest BCUT2D eigenvalue weighted by Crippen LogP contribution is -2.54. The number of hydrogen-bond donors (Lipinski definition) is 1. The lowest BCUT2D eigenvalue weighted by Gasteiger charge is -2.36. The first-order chi connectivity index (χ1) is 15.3. The Morgan fingerprint density at radius 3 is 2.56 bits per heavy atom. The molecule has 3 saturated heterocycles. The van der Waals surface area contributed by atoms with E-state index >= 15 is 0 Å². The van der Waals surface area contributed by atoms with Crippen molar-refractivity contribution >= 4 is 52.3 Å². The highest BCUT2D eigenvalue weighted by atomic mass is 35.5. The van der Waals surface area contributed by atoms with E-state index in [0.717, 1.165) is 35.2 Å². The molecule has 2 aromatic carbocycles. The van der Waals surface area contributed by atoms with E-state index < -0.39 is 17.4 Å². The van der Waals surface area contributed by atoms with Gasteiger partial charge in [-0.25, -0.2) is 4.90 Å². The van der Waals surface area contributed by atoms with Crippen molar-refractivity contribution in [2.75, 3.05) is 16.8 Å². The average molecular weight is 470 g/mol. The second-order valence-electron chi connectivity index (χ2n) is 9.24. The van der Waals surface area contributed by atoms with Crippen LogP contribution in [0.5, 0.6) is 0 Å². The van der Waals surface area contributed by atoms with E-state index in [0.29, 0.717) is 17.3 Å². The molecule has 2 aromatic rings. The Bertz CT molecular complexity index is 1250. The molecule has 0 aliphatic carbocycles. The third-order valence-corrected chi connectivity index (χ3v) is 8.34. The first-order valence-corrected chi connectivity index (χ1v) is 11.5. The number of amides is 3. The quantitative estimate of drug-likeness (QED) is 0.639. The normalized spacial score (nSPS) is 30.8. The molecule has 1 spiro atoms. The van der Waals surface area contributed by atoms with Crippen LogP contribution in [0.4, 0.5) is 11.4 Å². The molecule has 164 valence electrons. The zero-order valence-corrected chi connectivity index (χ0v) is 19.1. The summed E-state index contributed by atoms with van der Waals surface area (Å²) in [5.41, 5.74) is 2.78. The van der Waals surface area contributed by atoms with Crippen LogP contribution >= 0.6 is 23.2 Å². The number of nitrogens with zero attached hydrogens (tertiary/aromatic N) is 2. The zero-order chi connectivity index (χ0) is 22.5. The minimum absolute atomic E-state index is 0.151. The minimum Gasteiger partial charge on any atom is -0.324 e. The van der Waals surface area contributed by atoms with Crippen LogP contribution in [0.1, 0.15) is 29.5 Å². The van der Waals surface area contributed by atoms with Gasteiger partial charge in [-0.3, -0.25) is 19.3 Å². The Balaban J connectivity index is 1.57. The van der Waals surface area contributed by atoms with Crippen LogP contribution < -0.4 is 10.2 Å². The maximum absolute atomic E-state index is 13.9. The van der Waals surface area contributed by atoms with Gasteiger partial charge in [0, 0.05) is 17.3 Å². The maximum atomic E-state index is 13.9. The largest absolute Gasteiger partial charge is 0.324 e. The van der Waals surface area contributed by atoms with E-state index in [4.69, 9.17) is 23.2 Å². The third-order valence-electron chi connectivity index (χ3n) is 7.60. The van der Waals surface area contributed by atoms with Crippen LogP contribution in [0.3, 0.4) is 0 Å². The van der Waals surface area contributed by atoms with Crippen molar-refractivity contribution in [3.8, 4) is 0 Å². The second kappa shape index (κ2) is 6.56. The van der Waals surface area contributed by atoms with Gasteiger partial charge in [0.1, 0.15) is 5.54 Å². The molecule has 6 nitrogen and oxygen atoms in total. The van der Waals surface area contributed by atoms with Crippen LogP contribution in [-0.4, -0.2) is 35.2 Å². The van der Waals surface area contributed by atoms with Gasteiger partial charge in [-0.1, -0.05) is 40.9 Å². The number of anilines is 2. The number of benzene rings is 2. The fraction of sp³-hybridized carbons (Fsp3) is 0.375. The molecule has 4 aliphatic heterocycles. The van der Waals surface area contributed by atoms with Gasteiger partial charge >= 0.3 is 0 Å². The number of halogens is 2. The number of rotatable bonds is 1. The van der Waals surface area contributed by atoms with Crippen molar-refractivity contribution in [1.82, 2.24) is 4.90 Å². The molecule has 3 fully saturated rings. The number of carbonyl (C=O) groups is 3. The minimum atomic E-state index is -1.17. The Morgan fingerprint density at radius 2 is 1.81 bits per heavy atom. The molecule has 8 heteroatoms. The Morgan fingerprint density at radius 1 is 1.03 bits per heavy atom. The Hall–Kier alpha value is -2.41. The summed E-state index contributed by atoms with van der Waals surface area (Å²) in [4.78, 5) is 44.7. The maximum Gasteiger partial charge on any atom is 0.250 e. The zero-order valence-electron chi connectivity index (χ0n) is 17.6. The Kier molecular flexibility index (Phi) is 4.15. The number of carbonyl (C=O) groups excluding carboxylic acids is 3. The first-order valence-electron chi connectivity index (χ1n) is 10.8. The lowest BCUT2D eigenvalue weighted by atomic mass is 9.75. The van der Waals surface area contributed by atoms with Crippen molar-refractivity contribution in [2.24, 2.45) is 11.8 Å². The van der Waals surface area contributed by atoms with E-state index in [9.17, 15) is 14.4 Å². The fourth-order valence-electron chi connectivity index (χ4n) is 6.54. The highest BCUT2D eigenvalue weighted by Crippen LogP contribution is 2.61. The summed E-state index contributed by atoms with van der Waals surface area (Å²) in [6, 6.07) is 8.61. The van der Waals surface area contributed by atoms with E-state index in [1.807, 2.05) is 26.0 Å². The highest BCUT2D eigenvalue weighted by Gasteiger charge is 2.74. The molecule has 1 N–H and O–H groups in total. The third kappa shape index (κ3) is 2.28. The monoisotopic (exact) mass is 469 g/mol. The molecule has 0 unspecified atom stereocenters. The highest BCUT2D eigenvalue weighted by molar-refractivity contribution is 6.42. The van der Waals surface area contributed by atoms with Crippen LogP contribution in [-0.2, 0) is 19.9 Å². The second-order valence-corrected chi connectivity index (χ2v) is 10.1. The molecule has 32 heavy (non-hydrogen) atoms. The van der Waals surface area contributed by atoms with Gasteiger partial charge in [0.15, 0.2) is 0 Å². The van der Waals surface area contributed by atoms with Crippen molar-refractivity contribution in [1.29, 1.82) is 0 Å². The van der Waals surface area contributed by atoms with Gasteiger partial charge in [-0.05, 0) is 57.0 Å². The number of imide groups is 1. The van der Waals surface area contributed by atoms with Gasteiger partial charge in [-0.2, -0.15) is 0 Å². The van der Waals surface area contributed by atoms with Gasteiger partial charge in [0.05, 0.1) is 27.6 Å². The summed E-state index contributed by atoms with van der Waals surface area (Å²) in [6.07, 6.45) is 1.67. The van der Waals surface area contributed by atoms with Crippen LogP contribution in [0.15, 0.2) is 30.3 Å². The number of nitrogens with one attached hydrogen (secondary N) is 1. The van der Waals surface area contributed by atoms with Crippen molar-refractivity contribution in [3.63, 3.8) is 0 Å². The smallest absolute Gasteiger partial charge is 0.250 e. The van der Waals surface area contributed by atoms with Crippen LogP contribution in [0.2, 0.25) is 10.0 Å². The van der Waals surface area contributed by atoms with Crippen LogP contribution in [0, 0.1) is 25.7 Å². The summed E-state index contributed by atoms with van der Waals surface area (Å²) in [5.74, 6) is -2.18. The molecule has 6 rings (SSSR count). The van der Waals surface area contributed by atoms with Gasteiger partial charge in [0.2, 0.25) is 17.7 Å². The standard InChI is InChI=1S/C24H21Cl2N3O3/c1-11-8-12(2)20-14(9-11)24(23(32)27-20)19-18(17-4-3-7-28(17)24)21(30)29(22(19)31)13-5-6-15(25)16(26)10-13/h5-6,8-10,17-19H,3-4,7H2,1-2H3,(H,27,32)/t17-,18+,19+,24-/m1/s1. The first kappa shape index (κ1) is 20.2. The molecule has 3 amide bonds.